The van der Waals surface area contributed by atoms with Gasteiger partial charge in [0.15, 0.2) is 0 Å². The van der Waals surface area contributed by atoms with Crippen LogP contribution in [0.15, 0.2) is 59.4 Å². The quantitative estimate of drug-likeness (QED) is 0.610. The van der Waals surface area contributed by atoms with Crippen molar-refractivity contribution in [2.45, 2.75) is 31.1 Å². The number of nitrogens with zero attached hydrogens (tertiary/aromatic N) is 3. The highest BCUT2D eigenvalue weighted by Crippen LogP contribution is 2.39. The van der Waals surface area contributed by atoms with Crippen molar-refractivity contribution >= 4 is 10.0 Å². The van der Waals surface area contributed by atoms with Crippen molar-refractivity contribution in [1.82, 2.24) is 19.1 Å². The van der Waals surface area contributed by atoms with Crippen molar-refractivity contribution < 1.29 is 12.8 Å². The van der Waals surface area contributed by atoms with Gasteiger partial charge in [-0.25, -0.2) is 31.6 Å². The average molecular weight is 416 g/mol. The highest BCUT2D eigenvalue weighted by atomic mass is 32.2. The molecule has 1 aliphatic rings. The summed E-state index contributed by atoms with van der Waals surface area (Å²) in [5, 5.41) is 4.45. The molecule has 1 aliphatic carbocycles. The molecule has 0 atom stereocenters. The van der Waals surface area contributed by atoms with E-state index >= 15 is 0 Å². The zero-order valence-electron chi connectivity index (χ0n) is 15.7. The van der Waals surface area contributed by atoms with E-state index < -0.39 is 15.8 Å². The number of sulfonamides is 1. The molecule has 1 saturated carbocycles. The number of benzene rings is 2. The van der Waals surface area contributed by atoms with E-state index in [1.54, 1.807) is 4.57 Å². The Bertz CT molecular complexity index is 1150. The third-order valence-corrected chi connectivity index (χ3v) is 6.09. The molecule has 9 heteroatoms. The largest absolute Gasteiger partial charge is 0.350 e. The van der Waals surface area contributed by atoms with Gasteiger partial charge in [-0.3, -0.25) is 0 Å². The summed E-state index contributed by atoms with van der Waals surface area (Å²) in [6.07, 6.45) is 1.99. The van der Waals surface area contributed by atoms with E-state index in [2.05, 4.69) is 9.82 Å². The highest BCUT2D eigenvalue weighted by molar-refractivity contribution is 7.88. The van der Waals surface area contributed by atoms with Crippen molar-refractivity contribution in [2.24, 2.45) is 0 Å². The number of halogens is 1. The molecule has 1 aromatic heterocycles. The molecule has 1 heterocycles. The second-order valence-corrected chi connectivity index (χ2v) is 8.90. The topological polar surface area (TPSA) is 86.0 Å². The molecule has 3 aromatic rings. The van der Waals surface area contributed by atoms with Crippen molar-refractivity contribution in [3.63, 3.8) is 0 Å². The van der Waals surface area contributed by atoms with E-state index in [1.807, 2.05) is 30.3 Å². The van der Waals surface area contributed by atoms with Gasteiger partial charge in [-0.2, -0.15) is 5.10 Å². The molecule has 0 bridgehead atoms. The van der Waals surface area contributed by atoms with E-state index in [0.29, 0.717) is 5.56 Å². The fourth-order valence-electron chi connectivity index (χ4n) is 3.15. The van der Waals surface area contributed by atoms with Gasteiger partial charge >= 0.3 is 5.69 Å². The van der Waals surface area contributed by atoms with Crippen LogP contribution in [0.1, 0.15) is 30.1 Å². The van der Waals surface area contributed by atoms with Crippen LogP contribution in [0.3, 0.4) is 0 Å². The fraction of sp³-hybridized carbons (Fsp3) is 0.300. The third kappa shape index (κ3) is 4.63. The van der Waals surface area contributed by atoms with Crippen LogP contribution in [0.2, 0.25) is 0 Å². The van der Waals surface area contributed by atoms with Gasteiger partial charge in [-0.1, -0.05) is 30.3 Å². The van der Waals surface area contributed by atoms with E-state index in [0.717, 1.165) is 24.4 Å². The summed E-state index contributed by atoms with van der Waals surface area (Å²) in [5.74, 6) is 0.308. The minimum Gasteiger partial charge on any atom is -0.247 e. The first-order chi connectivity index (χ1) is 13.9. The lowest BCUT2D eigenvalue weighted by Crippen LogP contribution is -2.32. The third-order valence-electron chi connectivity index (χ3n) is 4.74. The van der Waals surface area contributed by atoms with Crippen LogP contribution in [-0.2, 0) is 22.3 Å². The number of rotatable bonds is 8. The molecule has 2 aromatic carbocycles. The van der Waals surface area contributed by atoms with Crippen molar-refractivity contribution in [1.29, 1.82) is 0 Å². The summed E-state index contributed by atoms with van der Waals surface area (Å²) in [7, 11) is -3.61. The van der Waals surface area contributed by atoms with Gasteiger partial charge in [0, 0.05) is 12.5 Å². The number of para-hydroxylation sites is 1. The summed E-state index contributed by atoms with van der Waals surface area (Å²) >= 11 is 0. The molecule has 1 fully saturated rings. The van der Waals surface area contributed by atoms with Gasteiger partial charge in [0.1, 0.15) is 11.6 Å². The normalized spacial score (nSPS) is 14.2. The first-order valence-corrected chi connectivity index (χ1v) is 11.1. The summed E-state index contributed by atoms with van der Waals surface area (Å²) < 4.78 is 42.9. The smallest absolute Gasteiger partial charge is 0.247 e. The summed E-state index contributed by atoms with van der Waals surface area (Å²) in [6.45, 7) is 0.167. The molecular weight excluding hydrogens is 395 g/mol. The number of aromatic nitrogens is 3. The maximum atomic E-state index is 13.0. The lowest BCUT2D eigenvalue weighted by Gasteiger charge is -2.06. The molecule has 4 rings (SSSR count). The minimum atomic E-state index is -3.61. The molecule has 0 spiro atoms. The number of hydrogen-bond acceptors (Lipinski definition) is 4. The van der Waals surface area contributed by atoms with Crippen molar-refractivity contribution in [3.05, 3.63) is 82.3 Å². The average Bonchev–Trinajstić information content (AvgIpc) is 3.49. The van der Waals surface area contributed by atoms with Crippen LogP contribution in [0, 0.1) is 5.82 Å². The summed E-state index contributed by atoms with van der Waals surface area (Å²) in [5.41, 5.74) is 0.957. The molecule has 0 unspecified atom stereocenters. The molecule has 29 heavy (non-hydrogen) atoms. The maximum Gasteiger partial charge on any atom is 0.350 e. The number of hydrogen-bond donors (Lipinski definition) is 1. The van der Waals surface area contributed by atoms with E-state index in [4.69, 9.17) is 0 Å². The monoisotopic (exact) mass is 416 g/mol. The lowest BCUT2D eigenvalue weighted by atomic mass is 10.2. The van der Waals surface area contributed by atoms with Crippen LogP contribution in [-0.4, -0.2) is 29.3 Å². The van der Waals surface area contributed by atoms with Crippen LogP contribution < -0.4 is 10.4 Å². The Hall–Kier alpha value is -2.78. The Balaban J connectivity index is 1.46. The Morgan fingerprint density at radius 3 is 2.41 bits per heavy atom. The predicted molar refractivity (Wildman–Crippen MR) is 107 cm³/mol. The Kier molecular flexibility index (Phi) is 5.33. The Labute approximate surface area is 167 Å². The summed E-state index contributed by atoms with van der Waals surface area (Å²) in [4.78, 5) is 12.9. The number of nitrogens with one attached hydrogen (secondary N) is 1. The van der Waals surface area contributed by atoms with Crippen LogP contribution >= 0.6 is 0 Å². The maximum absolute atomic E-state index is 13.0. The highest BCUT2D eigenvalue weighted by Gasteiger charge is 2.31. The SMILES string of the molecule is O=c1n(CCNS(=O)(=O)Cc2ccc(F)cc2)nc(C2CC2)n1-c1ccccc1. The predicted octanol–water partition coefficient (Wildman–Crippen LogP) is 2.17. The van der Waals surface area contributed by atoms with Gasteiger partial charge in [-0.15, -0.1) is 0 Å². The van der Waals surface area contributed by atoms with Gasteiger partial charge in [0.05, 0.1) is 18.0 Å². The standard InChI is InChI=1S/C20H21FN4O3S/c21-17-10-6-15(7-11-17)14-29(27,28)22-12-13-24-20(26)25(18-4-2-1-3-5-18)19(23-24)16-8-9-16/h1-7,10-11,16,22H,8-9,12-14H2. The van der Waals surface area contributed by atoms with Crippen molar-refractivity contribution in [2.75, 3.05) is 6.54 Å². The van der Waals surface area contributed by atoms with E-state index in [9.17, 15) is 17.6 Å². The minimum absolute atomic E-state index is 0.0410. The second-order valence-electron chi connectivity index (χ2n) is 7.09. The Morgan fingerprint density at radius 1 is 1.07 bits per heavy atom. The molecule has 1 N–H and O–H groups in total. The molecule has 0 amide bonds. The van der Waals surface area contributed by atoms with Crippen LogP contribution in [0.5, 0.6) is 0 Å². The van der Waals surface area contributed by atoms with Crippen LogP contribution in [0.25, 0.3) is 5.69 Å². The van der Waals surface area contributed by atoms with E-state index in [-0.39, 0.29) is 30.5 Å². The fourth-order valence-corrected chi connectivity index (χ4v) is 4.29. The molecule has 0 aliphatic heterocycles. The van der Waals surface area contributed by atoms with Gasteiger partial charge < -0.3 is 0 Å². The molecule has 0 saturated heterocycles. The van der Waals surface area contributed by atoms with Crippen LogP contribution in [0.4, 0.5) is 4.39 Å². The van der Waals surface area contributed by atoms with Gasteiger partial charge in [-0.05, 0) is 42.7 Å². The second kappa shape index (κ2) is 7.92. The summed E-state index contributed by atoms with van der Waals surface area (Å²) in [6, 6.07) is 14.6. The molecular formula is C20H21FN4O3S. The molecule has 152 valence electrons. The van der Waals surface area contributed by atoms with E-state index in [1.165, 1.54) is 28.9 Å². The zero-order chi connectivity index (χ0) is 20.4. The lowest BCUT2D eigenvalue weighted by molar-refractivity contribution is 0.550. The van der Waals surface area contributed by atoms with Gasteiger partial charge in [0.25, 0.3) is 0 Å². The zero-order valence-corrected chi connectivity index (χ0v) is 16.5. The molecule has 7 nitrogen and oxygen atoms in total. The first-order valence-electron chi connectivity index (χ1n) is 9.40. The van der Waals surface area contributed by atoms with Crippen molar-refractivity contribution in [3.8, 4) is 5.69 Å². The Morgan fingerprint density at radius 2 is 1.76 bits per heavy atom. The van der Waals surface area contributed by atoms with Gasteiger partial charge in [0.2, 0.25) is 10.0 Å². The first kappa shape index (κ1) is 19.5. The molecule has 0 radical (unpaired) electrons.